The van der Waals surface area contributed by atoms with Crippen molar-refractivity contribution in [3.05, 3.63) is 32.8 Å². The smallest absolute Gasteiger partial charge is 0.273 e. The number of nitro benzene ring substituents is 1. The lowest BCUT2D eigenvalue weighted by Crippen LogP contribution is -2.02. The van der Waals surface area contributed by atoms with Crippen molar-refractivity contribution in [2.75, 3.05) is 20.3 Å². The van der Waals surface area contributed by atoms with E-state index < -0.39 is 4.92 Å². The van der Waals surface area contributed by atoms with Gasteiger partial charge in [-0.2, -0.15) is 0 Å². The molecule has 0 heterocycles. The summed E-state index contributed by atoms with van der Waals surface area (Å²) < 4.78 is 11.0. The Morgan fingerprint density at radius 2 is 2.19 bits per heavy atom. The van der Waals surface area contributed by atoms with Gasteiger partial charge in [-0.1, -0.05) is 0 Å². The molecule has 0 bridgehead atoms. The summed E-state index contributed by atoms with van der Waals surface area (Å²) in [5, 5.41) is 10.6. The molecule has 0 N–H and O–H groups in total. The number of rotatable bonds is 6. The van der Waals surface area contributed by atoms with E-state index in [0.29, 0.717) is 23.4 Å². The van der Waals surface area contributed by atoms with Crippen LogP contribution in [0.4, 0.5) is 5.69 Å². The summed E-state index contributed by atoms with van der Waals surface area (Å²) in [6.07, 6.45) is 0.742. The third-order valence-corrected chi connectivity index (χ3v) is 2.53. The van der Waals surface area contributed by atoms with Gasteiger partial charge in [-0.3, -0.25) is 10.1 Å². The first-order valence-corrected chi connectivity index (χ1v) is 5.50. The molecule has 88 valence electrons. The van der Waals surface area contributed by atoms with Crippen LogP contribution in [0, 0.1) is 10.1 Å². The van der Waals surface area contributed by atoms with E-state index in [0.717, 1.165) is 6.42 Å². The standard InChI is InChI=1S/C10H12BrNO4/c1-15-5-2-6-16-10-7-8(12(13)14)3-4-9(10)11/h3-4,7H,2,5-6H2,1H3. The first-order valence-electron chi connectivity index (χ1n) is 4.71. The van der Waals surface area contributed by atoms with Gasteiger partial charge in [-0.25, -0.2) is 0 Å². The van der Waals surface area contributed by atoms with E-state index in [4.69, 9.17) is 9.47 Å². The number of ether oxygens (including phenoxy) is 2. The summed E-state index contributed by atoms with van der Waals surface area (Å²) in [7, 11) is 1.61. The fourth-order valence-electron chi connectivity index (χ4n) is 1.10. The predicted octanol–water partition coefficient (Wildman–Crippen LogP) is 2.77. The summed E-state index contributed by atoms with van der Waals surface area (Å²) in [4.78, 5) is 10.1. The van der Waals surface area contributed by atoms with Crippen LogP contribution in [-0.4, -0.2) is 25.2 Å². The van der Waals surface area contributed by atoms with Crippen molar-refractivity contribution in [3.8, 4) is 5.75 Å². The number of nitro groups is 1. The highest BCUT2D eigenvalue weighted by Gasteiger charge is 2.10. The van der Waals surface area contributed by atoms with Gasteiger partial charge in [0.2, 0.25) is 0 Å². The van der Waals surface area contributed by atoms with E-state index >= 15 is 0 Å². The normalized spacial score (nSPS) is 10.1. The number of methoxy groups -OCH3 is 1. The van der Waals surface area contributed by atoms with Crippen LogP contribution >= 0.6 is 15.9 Å². The monoisotopic (exact) mass is 289 g/mol. The van der Waals surface area contributed by atoms with E-state index in [9.17, 15) is 10.1 Å². The van der Waals surface area contributed by atoms with Crippen molar-refractivity contribution in [2.24, 2.45) is 0 Å². The van der Waals surface area contributed by atoms with Crippen molar-refractivity contribution in [2.45, 2.75) is 6.42 Å². The molecule has 16 heavy (non-hydrogen) atoms. The SMILES string of the molecule is COCCCOc1cc([N+](=O)[O-])ccc1Br. The highest BCUT2D eigenvalue weighted by Crippen LogP contribution is 2.29. The quantitative estimate of drug-likeness (QED) is 0.459. The predicted molar refractivity (Wildman–Crippen MR) is 62.8 cm³/mol. The summed E-state index contributed by atoms with van der Waals surface area (Å²) in [6.45, 7) is 1.07. The Kier molecular flexibility index (Phi) is 5.21. The second-order valence-corrected chi connectivity index (χ2v) is 3.92. The van der Waals surface area contributed by atoms with Gasteiger partial charge < -0.3 is 9.47 Å². The van der Waals surface area contributed by atoms with E-state index in [1.807, 2.05) is 0 Å². The zero-order valence-electron chi connectivity index (χ0n) is 8.81. The van der Waals surface area contributed by atoms with Crippen molar-refractivity contribution in [1.29, 1.82) is 0 Å². The topological polar surface area (TPSA) is 61.6 Å². The van der Waals surface area contributed by atoms with Crippen molar-refractivity contribution in [1.82, 2.24) is 0 Å². The lowest BCUT2D eigenvalue weighted by atomic mass is 10.3. The Balaban J connectivity index is 2.63. The maximum absolute atomic E-state index is 10.6. The van der Waals surface area contributed by atoms with Crippen LogP contribution in [0.1, 0.15) is 6.42 Å². The second kappa shape index (κ2) is 6.44. The average Bonchev–Trinajstić information content (AvgIpc) is 2.26. The van der Waals surface area contributed by atoms with Gasteiger partial charge in [0.1, 0.15) is 5.75 Å². The van der Waals surface area contributed by atoms with Gasteiger partial charge in [0.05, 0.1) is 22.1 Å². The van der Waals surface area contributed by atoms with Gasteiger partial charge in [-0.05, 0) is 22.0 Å². The molecule has 0 atom stereocenters. The van der Waals surface area contributed by atoms with Crippen LogP contribution in [0.15, 0.2) is 22.7 Å². The molecule has 0 spiro atoms. The van der Waals surface area contributed by atoms with Crippen LogP contribution < -0.4 is 4.74 Å². The van der Waals surface area contributed by atoms with Crippen LogP contribution in [0.3, 0.4) is 0 Å². The molecule has 0 aliphatic rings. The number of nitrogens with zero attached hydrogens (tertiary/aromatic N) is 1. The van der Waals surface area contributed by atoms with Crippen LogP contribution in [-0.2, 0) is 4.74 Å². The first-order chi connectivity index (χ1) is 7.65. The largest absolute Gasteiger partial charge is 0.492 e. The van der Waals surface area contributed by atoms with Crippen molar-refractivity contribution in [3.63, 3.8) is 0 Å². The zero-order valence-corrected chi connectivity index (χ0v) is 10.4. The molecule has 0 amide bonds. The molecule has 0 unspecified atom stereocenters. The molecule has 0 fully saturated rings. The van der Waals surface area contributed by atoms with Crippen LogP contribution in [0.25, 0.3) is 0 Å². The van der Waals surface area contributed by atoms with E-state index in [-0.39, 0.29) is 5.69 Å². The van der Waals surface area contributed by atoms with E-state index in [2.05, 4.69) is 15.9 Å². The molecule has 1 aromatic rings. The minimum absolute atomic E-state index is 0.0185. The average molecular weight is 290 g/mol. The maximum Gasteiger partial charge on any atom is 0.273 e. The third-order valence-electron chi connectivity index (χ3n) is 1.88. The van der Waals surface area contributed by atoms with Crippen LogP contribution in [0.2, 0.25) is 0 Å². The Labute approximate surface area is 102 Å². The van der Waals surface area contributed by atoms with Gasteiger partial charge in [-0.15, -0.1) is 0 Å². The summed E-state index contributed by atoms with van der Waals surface area (Å²) in [6, 6.07) is 4.42. The lowest BCUT2D eigenvalue weighted by molar-refractivity contribution is -0.385. The molecular weight excluding hydrogens is 278 g/mol. The maximum atomic E-state index is 10.6. The Hall–Kier alpha value is -1.14. The molecule has 0 saturated carbocycles. The molecule has 1 aromatic carbocycles. The number of non-ortho nitro benzene ring substituents is 1. The van der Waals surface area contributed by atoms with E-state index in [1.165, 1.54) is 12.1 Å². The van der Waals surface area contributed by atoms with Crippen LogP contribution in [0.5, 0.6) is 5.75 Å². The lowest BCUT2D eigenvalue weighted by Gasteiger charge is -2.07. The highest BCUT2D eigenvalue weighted by atomic mass is 79.9. The molecule has 0 saturated heterocycles. The third kappa shape index (κ3) is 3.79. The molecule has 1 rings (SSSR count). The molecule has 6 heteroatoms. The van der Waals surface area contributed by atoms with E-state index in [1.54, 1.807) is 13.2 Å². The van der Waals surface area contributed by atoms with Crippen molar-refractivity contribution < 1.29 is 14.4 Å². The molecular formula is C10H12BrNO4. The summed E-state index contributed by atoms with van der Waals surface area (Å²) in [5.41, 5.74) is 0.0185. The number of halogens is 1. The Morgan fingerprint density at radius 3 is 2.81 bits per heavy atom. The molecule has 0 radical (unpaired) electrons. The highest BCUT2D eigenvalue weighted by molar-refractivity contribution is 9.10. The molecule has 0 aliphatic heterocycles. The Bertz CT molecular complexity index is 370. The van der Waals surface area contributed by atoms with Gasteiger partial charge in [0.15, 0.2) is 0 Å². The Morgan fingerprint density at radius 1 is 1.44 bits per heavy atom. The molecule has 0 aromatic heterocycles. The number of hydrogen-bond donors (Lipinski definition) is 0. The first kappa shape index (κ1) is 12.9. The second-order valence-electron chi connectivity index (χ2n) is 3.07. The van der Waals surface area contributed by atoms with Gasteiger partial charge in [0.25, 0.3) is 5.69 Å². The molecule has 5 nitrogen and oxygen atoms in total. The van der Waals surface area contributed by atoms with Gasteiger partial charge in [0, 0.05) is 26.2 Å². The number of hydrogen-bond acceptors (Lipinski definition) is 4. The fraction of sp³-hybridized carbons (Fsp3) is 0.400. The summed E-state index contributed by atoms with van der Waals surface area (Å²) >= 11 is 3.27. The minimum Gasteiger partial charge on any atom is -0.492 e. The van der Waals surface area contributed by atoms with Gasteiger partial charge >= 0.3 is 0 Å². The fourth-order valence-corrected chi connectivity index (χ4v) is 1.46. The molecule has 0 aliphatic carbocycles. The zero-order chi connectivity index (χ0) is 12.0. The van der Waals surface area contributed by atoms with Crippen molar-refractivity contribution >= 4 is 21.6 Å². The summed E-state index contributed by atoms with van der Waals surface area (Å²) in [5.74, 6) is 0.477. The minimum atomic E-state index is -0.450. The number of benzene rings is 1.